The molecule has 0 N–H and O–H groups in total. The number of thioether (sulfide) groups is 1. The third-order valence-electron chi connectivity index (χ3n) is 4.88. The zero-order valence-corrected chi connectivity index (χ0v) is 19.4. The van der Waals surface area contributed by atoms with Crippen LogP contribution in [0.25, 0.3) is 23.0 Å². The van der Waals surface area contributed by atoms with Gasteiger partial charge in [-0.05, 0) is 49.8 Å². The second-order valence-electron chi connectivity index (χ2n) is 7.12. The first-order valence-corrected chi connectivity index (χ1v) is 11.6. The van der Waals surface area contributed by atoms with E-state index in [4.69, 9.17) is 22.1 Å². The molecule has 1 amide bonds. The van der Waals surface area contributed by atoms with Gasteiger partial charge in [0, 0.05) is 23.9 Å². The molecule has 0 aliphatic carbocycles. The third-order valence-corrected chi connectivity index (χ3v) is 6.25. The molecule has 1 fully saturated rings. The molecule has 32 heavy (non-hydrogen) atoms. The Hall–Kier alpha value is -2.97. The van der Waals surface area contributed by atoms with Crippen molar-refractivity contribution in [3.05, 3.63) is 71.0 Å². The average Bonchev–Trinajstić information content (AvgIpc) is 3.33. The SMILES string of the molecule is CCCN1C(=O)/C(=C/c2cn(-c3ccccc3)nc2-c2ccc(OCC)c(F)c2)SC1=S. The number of nitrogens with zero attached hydrogens (tertiary/aromatic N) is 3. The van der Waals surface area contributed by atoms with Crippen LogP contribution in [0.3, 0.4) is 0 Å². The highest BCUT2D eigenvalue weighted by molar-refractivity contribution is 8.26. The van der Waals surface area contributed by atoms with Crippen LogP contribution < -0.4 is 4.74 Å². The zero-order valence-electron chi connectivity index (χ0n) is 17.7. The van der Waals surface area contributed by atoms with E-state index in [0.29, 0.717) is 39.2 Å². The summed E-state index contributed by atoms with van der Waals surface area (Å²) >= 11 is 6.66. The molecule has 5 nitrogen and oxygen atoms in total. The van der Waals surface area contributed by atoms with E-state index in [9.17, 15) is 9.18 Å². The van der Waals surface area contributed by atoms with Crippen molar-refractivity contribution in [2.75, 3.05) is 13.2 Å². The lowest BCUT2D eigenvalue weighted by molar-refractivity contribution is -0.122. The van der Waals surface area contributed by atoms with Gasteiger partial charge in [-0.15, -0.1) is 0 Å². The van der Waals surface area contributed by atoms with Gasteiger partial charge in [-0.3, -0.25) is 9.69 Å². The molecule has 4 rings (SSSR count). The van der Waals surface area contributed by atoms with Crippen LogP contribution in [-0.2, 0) is 4.79 Å². The Morgan fingerprint density at radius 1 is 1.19 bits per heavy atom. The Morgan fingerprint density at radius 3 is 2.66 bits per heavy atom. The Morgan fingerprint density at radius 2 is 1.97 bits per heavy atom. The highest BCUT2D eigenvalue weighted by Crippen LogP contribution is 2.35. The highest BCUT2D eigenvalue weighted by Gasteiger charge is 2.31. The lowest BCUT2D eigenvalue weighted by atomic mass is 10.1. The predicted octanol–water partition coefficient (Wildman–Crippen LogP) is 5.69. The van der Waals surface area contributed by atoms with Crippen LogP contribution in [0.1, 0.15) is 25.8 Å². The zero-order chi connectivity index (χ0) is 22.7. The smallest absolute Gasteiger partial charge is 0.266 e. The van der Waals surface area contributed by atoms with Crippen molar-refractivity contribution in [1.29, 1.82) is 0 Å². The summed E-state index contributed by atoms with van der Waals surface area (Å²) in [5.74, 6) is -0.377. The van der Waals surface area contributed by atoms with E-state index in [1.165, 1.54) is 17.8 Å². The summed E-state index contributed by atoms with van der Waals surface area (Å²) in [6.07, 6.45) is 4.44. The van der Waals surface area contributed by atoms with E-state index in [2.05, 4.69) is 0 Å². The van der Waals surface area contributed by atoms with Crippen molar-refractivity contribution >= 4 is 40.3 Å². The van der Waals surface area contributed by atoms with E-state index in [1.807, 2.05) is 50.4 Å². The van der Waals surface area contributed by atoms with Crippen LogP contribution in [0.5, 0.6) is 5.75 Å². The predicted molar refractivity (Wildman–Crippen MR) is 130 cm³/mol. The molecule has 0 bridgehead atoms. The number of benzene rings is 2. The van der Waals surface area contributed by atoms with E-state index < -0.39 is 5.82 Å². The Kier molecular flexibility index (Phi) is 6.72. The molecule has 2 aromatic carbocycles. The van der Waals surface area contributed by atoms with Crippen molar-refractivity contribution in [2.45, 2.75) is 20.3 Å². The maximum Gasteiger partial charge on any atom is 0.266 e. The first-order chi connectivity index (χ1) is 15.5. The molecule has 1 aliphatic heterocycles. The summed E-state index contributed by atoms with van der Waals surface area (Å²) < 4.78 is 22.2. The molecule has 1 aliphatic rings. The maximum atomic E-state index is 14.6. The van der Waals surface area contributed by atoms with Gasteiger partial charge in [0.05, 0.1) is 17.2 Å². The fourth-order valence-corrected chi connectivity index (χ4v) is 4.71. The molecule has 3 aromatic rings. The summed E-state index contributed by atoms with van der Waals surface area (Å²) in [6.45, 7) is 4.78. The van der Waals surface area contributed by atoms with Crippen LogP contribution in [-0.4, -0.2) is 38.1 Å². The highest BCUT2D eigenvalue weighted by atomic mass is 32.2. The van der Waals surface area contributed by atoms with Crippen molar-refractivity contribution in [3.63, 3.8) is 0 Å². The number of rotatable bonds is 7. The second-order valence-corrected chi connectivity index (χ2v) is 8.80. The summed E-state index contributed by atoms with van der Waals surface area (Å²) in [4.78, 5) is 15.0. The molecule has 0 saturated carbocycles. The van der Waals surface area contributed by atoms with Crippen LogP contribution >= 0.6 is 24.0 Å². The van der Waals surface area contributed by atoms with Gasteiger partial charge in [0.2, 0.25) is 0 Å². The number of aromatic nitrogens is 2. The number of carbonyl (C=O) groups excluding carboxylic acids is 1. The van der Waals surface area contributed by atoms with E-state index in [1.54, 1.807) is 27.8 Å². The molecule has 1 aromatic heterocycles. The summed E-state index contributed by atoms with van der Waals surface area (Å²) in [7, 11) is 0. The number of ether oxygens (including phenoxy) is 1. The van der Waals surface area contributed by atoms with Crippen LogP contribution in [0.15, 0.2) is 59.6 Å². The summed E-state index contributed by atoms with van der Waals surface area (Å²) in [5.41, 5.74) is 2.72. The second kappa shape index (κ2) is 9.67. The minimum atomic E-state index is -0.459. The van der Waals surface area contributed by atoms with E-state index in [0.717, 1.165) is 12.1 Å². The number of carbonyl (C=O) groups is 1. The van der Waals surface area contributed by atoms with Crippen molar-refractivity contribution in [1.82, 2.24) is 14.7 Å². The molecule has 0 atom stereocenters. The van der Waals surface area contributed by atoms with Crippen molar-refractivity contribution < 1.29 is 13.9 Å². The third kappa shape index (κ3) is 4.47. The Labute approximate surface area is 195 Å². The van der Waals surface area contributed by atoms with Crippen LogP contribution in [0.2, 0.25) is 0 Å². The molecule has 164 valence electrons. The largest absolute Gasteiger partial charge is 0.491 e. The number of thiocarbonyl (C=S) groups is 1. The molecule has 0 spiro atoms. The van der Waals surface area contributed by atoms with Crippen molar-refractivity contribution in [3.8, 4) is 22.7 Å². The first kappa shape index (κ1) is 22.2. The molecule has 2 heterocycles. The number of halogens is 1. The molecule has 0 unspecified atom stereocenters. The monoisotopic (exact) mass is 467 g/mol. The van der Waals surface area contributed by atoms with Gasteiger partial charge in [-0.2, -0.15) is 5.10 Å². The average molecular weight is 468 g/mol. The summed E-state index contributed by atoms with van der Waals surface area (Å²) in [5, 5.41) is 4.71. The number of amides is 1. The quantitative estimate of drug-likeness (QED) is 0.330. The standard InChI is InChI=1S/C24H22FN3O2S2/c1-3-12-27-23(29)21(32-24(27)31)14-17-15-28(18-8-6-5-7-9-18)26-22(17)16-10-11-20(30-4-2)19(25)13-16/h5-11,13-15H,3-4,12H2,1-2H3/b21-14-. The van der Waals surface area contributed by atoms with Gasteiger partial charge < -0.3 is 4.74 Å². The molecule has 8 heteroatoms. The van der Waals surface area contributed by atoms with Gasteiger partial charge >= 0.3 is 0 Å². The number of hydrogen-bond donors (Lipinski definition) is 0. The minimum absolute atomic E-state index is 0.113. The van der Waals surface area contributed by atoms with E-state index >= 15 is 0 Å². The molecular formula is C24H22FN3O2S2. The topological polar surface area (TPSA) is 47.4 Å². The number of para-hydroxylation sites is 1. The van der Waals surface area contributed by atoms with Crippen LogP contribution in [0, 0.1) is 5.82 Å². The molecule has 0 radical (unpaired) electrons. The minimum Gasteiger partial charge on any atom is -0.491 e. The normalized spacial score (nSPS) is 15.1. The van der Waals surface area contributed by atoms with Gasteiger partial charge in [0.1, 0.15) is 10.0 Å². The van der Waals surface area contributed by atoms with E-state index in [-0.39, 0.29) is 11.7 Å². The summed E-state index contributed by atoms with van der Waals surface area (Å²) in [6, 6.07) is 14.4. The Balaban J connectivity index is 1.80. The maximum absolute atomic E-state index is 14.6. The fourth-order valence-electron chi connectivity index (χ4n) is 3.41. The number of hydrogen-bond acceptors (Lipinski definition) is 5. The van der Waals surface area contributed by atoms with Gasteiger partial charge in [0.15, 0.2) is 11.6 Å². The van der Waals surface area contributed by atoms with Gasteiger partial charge in [0.25, 0.3) is 5.91 Å². The lowest BCUT2D eigenvalue weighted by Gasteiger charge is -2.11. The van der Waals surface area contributed by atoms with Crippen molar-refractivity contribution in [2.24, 2.45) is 0 Å². The fraction of sp³-hybridized carbons (Fsp3) is 0.208. The van der Waals surface area contributed by atoms with Gasteiger partial charge in [-0.25, -0.2) is 9.07 Å². The molecular weight excluding hydrogens is 445 g/mol. The van der Waals surface area contributed by atoms with Crippen LogP contribution in [0.4, 0.5) is 4.39 Å². The lowest BCUT2D eigenvalue weighted by Crippen LogP contribution is -2.28. The Bertz CT molecular complexity index is 1190. The first-order valence-electron chi connectivity index (χ1n) is 10.3. The molecule has 1 saturated heterocycles. The van der Waals surface area contributed by atoms with Gasteiger partial charge in [-0.1, -0.05) is 49.1 Å².